The molecule has 24 heavy (non-hydrogen) atoms. The number of esters is 1. The van der Waals surface area contributed by atoms with E-state index in [0.717, 1.165) is 0 Å². The molecule has 0 heterocycles. The van der Waals surface area contributed by atoms with Gasteiger partial charge in [-0.05, 0) is 25.1 Å². The van der Waals surface area contributed by atoms with Crippen molar-refractivity contribution in [1.82, 2.24) is 0 Å². The van der Waals surface area contributed by atoms with Gasteiger partial charge in [0.2, 0.25) is 0 Å². The minimum absolute atomic E-state index is 0.135. The number of hydrogen-bond donors (Lipinski definition) is 1. The van der Waals surface area contributed by atoms with Crippen molar-refractivity contribution in [3.8, 4) is 0 Å². The van der Waals surface area contributed by atoms with Crippen LogP contribution in [0.1, 0.15) is 23.6 Å². The summed E-state index contributed by atoms with van der Waals surface area (Å²) in [6.45, 7) is 1.19. The van der Waals surface area contributed by atoms with Gasteiger partial charge < -0.3 is 9.84 Å². The van der Waals surface area contributed by atoms with Crippen molar-refractivity contribution in [1.29, 1.82) is 0 Å². The normalized spacial score (nSPS) is 12.9. The molecule has 0 aliphatic heterocycles. The lowest BCUT2D eigenvalue weighted by Crippen LogP contribution is -2.15. The standard InChI is InChI=1S/C14H10F6O4/c1-2-24-12(23)11(22)6-10(21)7-3-8(13(15,16)17)5-9(4-7)14(18,19)20/h3-6,21H,2H2,1H3. The number of hydrogen-bond acceptors (Lipinski definition) is 4. The van der Waals surface area contributed by atoms with E-state index in [1.54, 1.807) is 0 Å². The molecule has 0 aromatic heterocycles. The molecule has 0 aliphatic carbocycles. The highest BCUT2D eigenvalue weighted by Crippen LogP contribution is 2.37. The van der Waals surface area contributed by atoms with E-state index in [-0.39, 0.29) is 30.9 Å². The molecule has 0 unspecified atom stereocenters. The van der Waals surface area contributed by atoms with Gasteiger partial charge in [0.15, 0.2) is 0 Å². The fourth-order valence-corrected chi connectivity index (χ4v) is 1.57. The van der Waals surface area contributed by atoms with Gasteiger partial charge in [0.1, 0.15) is 5.76 Å². The van der Waals surface area contributed by atoms with Gasteiger partial charge in [0, 0.05) is 11.6 Å². The minimum Gasteiger partial charge on any atom is -0.507 e. The summed E-state index contributed by atoms with van der Waals surface area (Å²) in [6.07, 6.45) is -10.0. The third-order valence-electron chi connectivity index (χ3n) is 2.63. The Balaban J connectivity index is 3.37. The first kappa shape index (κ1) is 19.5. The average Bonchev–Trinajstić information content (AvgIpc) is 2.45. The van der Waals surface area contributed by atoms with E-state index in [2.05, 4.69) is 4.74 Å². The highest BCUT2D eigenvalue weighted by Gasteiger charge is 2.37. The Kier molecular flexibility index (Phi) is 5.64. The molecule has 10 heteroatoms. The molecule has 0 radical (unpaired) electrons. The summed E-state index contributed by atoms with van der Waals surface area (Å²) in [6, 6.07) is 0.308. The molecule has 0 spiro atoms. The van der Waals surface area contributed by atoms with E-state index in [4.69, 9.17) is 0 Å². The predicted octanol–water partition coefficient (Wildman–Crippen LogP) is 3.76. The van der Waals surface area contributed by atoms with E-state index in [9.17, 15) is 41.0 Å². The van der Waals surface area contributed by atoms with Gasteiger partial charge in [-0.1, -0.05) is 0 Å². The number of halogens is 6. The van der Waals surface area contributed by atoms with Crippen molar-refractivity contribution in [3.05, 3.63) is 41.0 Å². The highest BCUT2D eigenvalue weighted by atomic mass is 19.4. The van der Waals surface area contributed by atoms with Crippen molar-refractivity contribution in [3.63, 3.8) is 0 Å². The number of ketones is 1. The molecule has 1 aromatic carbocycles. The van der Waals surface area contributed by atoms with Crippen molar-refractivity contribution in [2.24, 2.45) is 0 Å². The first-order valence-electron chi connectivity index (χ1n) is 6.28. The van der Waals surface area contributed by atoms with Gasteiger partial charge in [0.05, 0.1) is 17.7 Å². The molecule has 0 amide bonds. The number of carbonyl (C=O) groups excluding carboxylic acids is 2. The minimum atomic E-state index is -5.11. The second kappa shape index (κ2) is 6.93. The summed E-state index contributed by atoms with van der Waals surface area (Å²) < 4.78 is 80.4. The summed E-state index contributed by atoms with van der Waals surface area (Å²) >= 11 is 0. The van der Waals surface area contributed by atoms with Crippen LogP contribution in [-0.4, -0.2) is 23.5 Å². The van der Waals surface area contributed by atoms with Crippen LogP contribution in [0.25, 0.3) is 5.76 Å². The number of aliphatic hydroxyl groups is 1. The average molecular weight is 356 g/mol. The maximum atomic E-state index is 12.7. The number of rotatable bonds is 4. The lowest BCUT2D eigenvalue weighted by Gasteiger charge is -2.13. The van der Waals surface area contributed by atoms with Crippen molar-refractivity contribution >= 4 is 17.5 Å². The number of aliphatic hydroxyl groups excluding tert-OH is 1. The summed E-state index contributed by atoms with van der Waals surface area (Å²) in [5.74, 6) is -4.07. The Morgan fingerprint density at radius 1 is 1.04 bits per heavy atom. The summed E-state index contributed by atoms with van der Waals surface area (Å²) in [5, 5.41) is 9.59. The maximum Gasteiger partial charge on any atom is 0.416 e. The smallest absolute Gasteiger partial charge is 0.416 e. The van der Waals surface area contributed by atoms with Crippen LogP contribution in [0.3, 0.4) is 0 Å². The monoisotopic (exact) mass is 356 g/mol. The molecule has 1 rings (SSSR count). The van der Waals surface area contributed by atoms with E-state index in [1.807, 2.05) is 0 Å². The largest absolute Gasteiger partial charge is 0.507 e. The first-order chi connectivity index (χ1) is 10.9. The van der Waals surface area contributed by atoms with Crippen LogP contribution in [0.5, 0.6) is 0 Å². The summed E-state index contributed by atoms with van der Waals surface area (Å²) in [5.41, 5.74) is -4.26. The molecule has 0 fully saturated rings. The molecule has 0 bridgehead atoms. The molecule has 0 saturated carbocycles. The number of ether oxygens (including phenoxy) is 1. The van der Waals surface area contributed by atoms with Gasteiger partial charge in [0.25, 0.3) is 5.78 Å². The number of carbonyl (C=O) groups is 2. The Labute approximate surface area is 131 Å². The Morgan fingerprint density at radius 2 is 1.50 bits per heavy atom. The zero-order chi connectivity index (χ0) is 18.7. The van der Waals surface area contributed by atoms with Gasteiger partial charge in [-0.25, -0.2) is 4.79 Å². The molecule has 132 valence electrons. The van der Waals surface area contributed by atoms with Gasteiger partial charge in [-0.15, -0.1) is 0 Å². The Hall–Kier alpha value is -2.52. The third kappa shape index (κ3) is 5.00. The van der Waals surface area contributed by atoms with Gasteiger partial charge in [-0.2, -0.15) is 26.3 Å². The topological polar surface area (TPSA) is 63.6 Å². The third-order valence-corrected chi connectivity index (χ3v) is 2.63. The van der Waals surface area contributed by atoms with Crippen LogP contribution >= 0.6 is 0 Å². The Morgan fingerprint density at radius 3 is 1.88 bits per heavy atom. The lowest BCUT2D eigenvalue weighted by atomic mass is 10.0. The van der Waals surface area contributed by atoms with Crippen molar-refractivity contribution in [2.75, 3.05) is 6.61 Å². The van der Waals surface area contributed by atoms with Crippen LogP contribution in [-0.2, 0) is 26.7 Å². The summed E-state index contributed by atoms with van der Waals surface area (Å²) in [7, 11) is 0. The molecule has 4 nitrogen and oxygen atoms in total. The zero-order valence-electron chi connectivity index (χ0n) is 12.0. The van der Waals surface area contributed by atoms with Crippen LogP contribution < -0.4 is 0 Å². The SMILES string of the molecule is CCOC(=O)C(=O)C=C(O)c1cc(C(F)(F)F)cc(C(F)(F)F)c1. The van der Waals surface area contributed by atoms with E-state index >= 15 is 0 Å². The first-order valence-corrected chi connectivity index (χ1v) is 6.28. The lowest BCUT2D eigenvalue weighted by molar-refractivity contribution is -0.151. The summed E-state index contributed by atoms with van der Waals surface area (Å²) in [4.78, 5) is 22.4. The fraction of sp³-hybridized carbons (Fsp3) is 0.286. The van der Waals surface area contributed by atoms with Crippen LogP contribution in [0.2, 0.25) is 0 Å². The second-order valence-corrected chi connectivity index (χ2v) is 4.41. The maximum absolute atomic E-state index is 12.7. The van der Waals surface area contributed by atoms with Crippen LogP contribution in [0.4, 0.5) is 26.3 Å². The molecule has 1 aromatic rings. The fourth-order valence-electron chi connectivity index (χ4n) is 1.57. The van der Waals surface area contributed by atoms with Crippen molar-refractivity contribution in [2.45, 2.75) is 19.3 Å². The number of benzene rings is 1. The molecule has 0 atom stereocenters. The second-order valence-electron chi connectivity index (χ2n) is 4.41. The van der Waals surface area contributed by atoms with Crippen molar-refractivity contribution < 1.29 is 45.8 Å². The molecular formula is C14H10F6O4. The molecule has 1 N–H and O–H groups in total. The van der Waals surface area contributed by atoms with E-state index in [1.165, 1.54) is 6.92 Å². The van der Waals surface area contributed by atoms with E-state index < -0.39 is 46.6 Å². The zero-order valence-corrected chi connectivity index (χ0v) is 12.0. The Bertz CT molecular complexity index is 641. The van der Waals surface area contributed by atoms with Crippen LogP contribution in [0.15, 0.2) is 24.3 Å². The van der Waals surface area contributed by atoms with Gasteiger partial charge >= 0.3 is 18.3 Å². The van der Waals surface area contributed by atoms with Crippen LogP contribution in [0, 0.1) is 0 Å². The van der Waals surface area contributed by atoms with Gasteiger partial charge in [-0.3, -0.25) is 4.79 Å². The molecule has 0 aliphatic rings. The molecular weight excluding hydrogens is 346 g/mol. The van der Waals surface area contributed by atoms with E-state index in [0.29, 0.717) is 0 Å². The number of alkyl halides is 6. The predicted molar refractivity (Wildman–Crippen MR) is 68.7 cm³/mol. The molecule has 0 saturated heterocycles. The highest BCUT2D eigenvalue weighted by molar-refractivity contribution is 6.39. The quantitative estimate of drug-likeness (QED) is 0.293.